The molecule has 0 radical (unpaired) electrons. The summed E-state index contributed by atoms with van der Waals surface area (Å²) in [4.78, 5) is 37.8. The molecule has 0 atom stereocenters. The normalized spacial score (nSPS) is 11.8. The first-order valence-corrected chi connectivity index (χ1v) is 18.5. The van der Waals surface area contributed by atoms with Crippen LogP contribution in [0.4, 0.5) is 5.69 Å². The van der Waals surface area contributed by atoms with Crippen LogP contribution in [-0.4, -0.2) is 66.3 Å². The lowest BCUT2D eigenvalue weighted by Gasteiger charge is -2.21. The van der Waals surface area contributed by atoms with Gasteiger partial charge < -0.3 is 28.7 Å². The first-order chi connectivity index (χ1) is 20.8. The summed E-state index contributed by atoms with van der Waals surface area (Å²) in [7, 11) is -8.09. The van der Waals surface area contributed by atoms with Crippen molar-refractivity contribution in [3.63, 3.8) is 0 Å². The van der Waals surface area contributed by atoms with Crippen LogP contribution in [0.15, 0.2) is 46.9 Å². The minimum absolute atomic E-state index is 0.148. The minimum Gasteiger partial charge on any atom is -0.494 e. The van der Waals surface area contributed by atoms with Gasteiger partial charge in [0.2, 0.25) is 10.0 Å². The van der Waals surface area contributed by atoms with Crippen molar-refractivity contribution in [1.82, 2.24) is 4.90 Å². The molecule has 11 nitrogen and oxygen atoms in total. The Morgan fingerprint density at radius 3 is 2.02 bits per heavy atom. The summed E-state index contributed by atoms with van der Waals surface area (Å²) in [5.41, 5.74) is 1.99. The average Bonchev–Trinajstić information content (AvgIpc) is 3.30. The Kier molecular flexibility index (Phi) is 15.6. The van der Waals surface area contributed by atoms with E-state index in [0.717, 1.165) is 50.9 Å². The smallest absolute Gasteiger partial charge is 0.466 e. The third kappa shape index (κ3) is 13.9. The van der Waals surface area contributed by atoms with Gasteiger partial charge >= 0.3 is 7.82 Å². The van der Waals surface area contributed by atoms with E-state index in [1.807, 2.05) is 12.1 Å². The predicted octanol–water partition coefficient (Wildman–Crippen LogP) is 6.12. The van der Waals surface area contributed by atoms with E-state index >= 15 is 0 Å². The van der Waals surface area contributed by atoms with E-state index in [0.29, 0.717) is 46.6 Å². The molecule has 0 amide bonds. The topological polar surface area (TPSA) is 167 Å². The van der Waals surface area contributed by atoms with Crippen molar-refractivity contribution in [1.29, 1.82) is 0 Å². The van der Waals surface area contributed by atoms with Gasteiger partial charge in [-0.15, -0.1) is 0 Å². The Bertz CT molecular complexity index is 1450. The minimum atomic E-state index is -4.64. The standard InChI is InChI=1S/C31H44N2O5S.H3O4P/c1-5-8-12-29-30(27-23-25(32-39(4,35)36)15-18-28(27)38-29)31(34)24-13-16-26(17-14-24)37-22-11-21-33(19-9-6-2)20-10-7-3;1-5(2,3)4/h13-18,23,32H,5-12,19-22H2,1-4H3;(H3,1,2,3,4). The third-order valence-electron chi connectivity index (χ3n) is 6.71. The molecule has 2 aromatic carbocycles. The highest BCUT2D eigenvalue weighted by Crippen LogP contribution is 2.32. The Hall–Kier alpha value is -2.73. The van der Waals surface area contributed by atoms with Crippen molar-refractivity contribution in [2.75, 3.05) is 37.2 Å². The molecular formula is C31H47N2O9PS. The Labute approximate surface area is 260 Å². The molecule has 13 heteroatoms. The lowest BCUT2D eigenvalue weighted by Crippen LogP contribution is -2.28. The number of nitrogens with one attached hydrogen (secondary N) is 1. The first kappa shape index (κ1) is 37.5. The lowest BCUT2D eigenvalue weighted by atomic mass is 9.98. The van der Waals surface area contributed by atoms with E-state index in [4.69, 9.17) is 28.4 Å². The molecule has 0 fully saturated rings. The summed E-state index contributed by atoms with van der Waals surface area (Å²) in [5.74, 6) is 1.22. The van der Waals surface area contributed by atoms with E-state index in [1.165, 1.54) is 25.7 Å². The van der Waals surface area contributed by atoms with Crippen molar-refractivity contribution in [3.8, 4) is 5.75 Å². The molecule has 0 aliphatic heterocycles. The van der Waals surface area contributed by atoms with Crippen LogP contribution in [0.25, 0.3) is 11.0 Å². The van der Waals surface area contributed by atoms with Crippen LogP contribution in [0.2, 0.25) is 0 Å². The van der Waals surface area contributed by atoms with Gasteiger partial charge in [-0.05, 0) is 81.2 Å². The highest BCUT2D eigenvalue weighted by atomic mass is 32.2. The molecule has 0 bridgehead atoms. The number of anilines is 1. The van der Waals surface area contributed by atoms with Crippen molar-refractivity contribution >= 4 is 40.3 Å². The maximum Gasteiger partial charge on any atom is 0.466 e. The van der Waals surface area contributed by atoms with Crippen LogP contribution in [-0.2, 0) is 21.0 Å². The number of benzene rings is 2. The summed E-state index contributed by atoms with van der Waals surface area (Å²) in [5, 5.41) is 0.607. The Balaban J connectivity index is 0.00000125. The second-order valence-electron chi connectivity index (χ2n) is 10.7. The van der Waals surface area contributed by atoms with Crippen molar-refractivity contribution in [2.45, 2.75) is 72.1 Å². The fourth-order valence-electron chi connectivity index (χ4n) is 4.61. The van der Waals surface area contributed by atoms with Crippen LogP contribution in [0.3, 0.4) is 0 Å². The number of unbranched alkanes of at least 4 members (excludes halogenated alkanes) is 3. The van der Waals surface area contributed by atoms with Crippen LogP contribution >= 0.6 is 7.82 Å². The summed E-state index contributed by atoms with van der Waals surface area (Å²) in [6.07, 6.45) is 9.40. The highest BCUT2D eigenvalue weighted by Gasteiger charge is 2.22. The maximum atomic E-state index is 13.7. The molecule has 1 aromatic heterocycles. The summed E-state index contributed by atoms with van der Waals surface area (Å²) in [6, 6.07) is 12.3. The number of rotatable bonds is 18. The van der Waals surface area contributed by atoms with Crippen molar-refractivity contribution in [2.24, 2.45) is 0 Å². The van der Waals surface area contributed by atoms with E-state index in [2.05, 4.69) is 30.4 Å². The molecule has 3 aromatic rings. The highest BCUT2D eigenvalue weighted by molar-refractivity contribution is 7.92. The molecule has 0 spiro atoms. The SMILES string of the molecule is CCCCc1oc2ccc(NS(C)(=O)=O)cc2c1C(=O)c1ccc(OCCCN(CCCC)CCCC)cc1.O=P(O)(O)O. The summed E-state index contributed by atoms with van der Waals surface area (Å²) < 4.78 is 46.9. The molecule has 0 aliphatic rings. The monoisotopic (exact) mass is 654 g/mol. The Morgan fingerprint density at radius 2 is 1.48 bits per heavy atom. The summed E-state index contributed by atoms with van der Waals surface area (Å²) >= 11 is 0. The zero-order chi connectivity index (χ0) is 32.8. The molecule has 3 rings (SSSR count). The molecule has 44 heavy (non-hydrogen) atoms. The number of ketones is 1. The number of hydrogen-bond acceptors (Lipinski definition) is 7. The van der Waals surface area contributed by atoms with E-state index in [-0.39, 0.29) is 5.78 Å². The number of hydrogen-bond donors (Lipinski definition) is 4. The van der Waals surface area contributed by atoms with Crippen molar-refractivity contribution in [3.05, 3.63) is 59.4 Å². The van der Waals surface area contributed by atoms with Gasteiger partial charge in [-0.25, -0.2) is 13.0 Å². The second-order valence-corrected chi connectivity index (χ2v) is 13.5. The van der Waals surface area contributed by atoms with Crippen molar-refractivity contribution < 1.29 is 41.6 Å². The van der Waals surface area contributed by atoms with Gasteiger partial charge in [0.05, 0.1) is 18.4 Å². The van der Waals surface area contributed by atoms with Crippen LogP contribution in [0.5, 0.6) is 5.75 Å². The van der Waals surface area contributed by atoms with Gasteiger partial charge in [-0.3, -0.25) is 9.52 Å². The van der Waals surface area contributed by atoms with Gasteiger partial charge in [0, 0.05) is 29.6 Å². The Morgan fingerprint density at radius 1 is 0.909 bits per heavy atom. The molecule has 0 aliphatic carbocycles. The predicted molar refractivity (Wildman–Crippen MR) is 174 cm³/mol. The molecule has 1 heterocycles. The number of ether oxygens (including phenoxy) is 1. The number of carbonyl (C=O) groups excluding carboxylic acids is 1. The summed E-state index contributed by atoms with van der Waals surface area (Å²) in [6.45, 7) is 10.5. The van der Waals surface area contributed by atoms with Gasteiger partial charge in [0.1, 0.15) is 17.1 Å². The second kappa shape index (κ2) is 18.3. The molecule has 0 saturated carbocycles. The molecular weight excluding hydrogens is 607 g/mol. The molecule has 4 N–H and O–H groups in total. The quantitative estimate of drug-likeness (QED) is 0.0713. The number of aryl methyl sites for hydroxylation is 1. The lowest BCUT2D eigenvalue weighted by molar-refractivity contribution is 0.103. The molecule has 0 saturated heterocycles. The van der Waals surface area contributed by atoms with Gasteiger partial charge in [0.25, 0.3) is 0 Å². The maximum absolute atomic E-state index is 13.7. The fourth-order valence-corrected chi connectivity index (χ4v) is 5.17. The zero-order valence-electron chi connectivity index (χ0n) is 26.1. The van der Waals surface area contributed by atoms with Gasteiger partial charge in [-0.1, -0.05) is 40.0 Å². The van der Waals surface area contributed by atoms with Crippen LogP contribution < -0.4 is 9.46 Å². The largest absolute Gasteiger partial charge is 0.494 e. The van der Waals surface area contributed by atoms with Crippen LogP contribution in [0.1, 0.15) is 87.4 Å². The van der Waals surface area contributed by atoms with Gasteiger partial charge in [-0.2, -0.15) is 0 Å². The number of sulfonamides is 1. The first-order valence-electron chi connectivity index (χ1n) is 15.1. The molecule has 246 valence electrons. The number of fused-ring (bicyclic) bond motifs is 1. The number of phosphoric acid groups is 1. The molecule has 0 unspecified atom stereocenters. The van der Waals surface area contributed by atoms with Gasteiger partial charge in [0.15, 0.2) is 5.78 Å². The van der Waals surface area contributed by atoms with E-state index in [1.54, 1.807) is 30.3 Å². The fraction of sp³-hybridized carbons (Fsp3) is 0.516. The number of furan rings is 1. The van der Waals surface area contributed by atoms with E-state index < -0.39 is 17.8 Å². The third-order valence-corrected chi connectivity index (χ3v) is 7.31. The van der Waals surface area contributed by atoms with E-state index in [9.17, 15) is 13.2 Å². The zero-order valence-corrected chi connectivity index (χ0v) is 27.8. The average molecular weight is 655 g/mol. The number of nitrogens with zero attached hydrogens (tertiary/aromatic N) is 1. The van der Waals surface area contributed by atoms with Crippen LogP contribution in [0, 0.1) is 0 Å². The number of carbonyl (C=O) groups is 1.